The maximum atomic E-state index is 10.8. The average Bonchev–Trinajstić information content (AvgIpc) is 2.30. The first kappa shape index (κ1) is 10.9. The van der Waals surface area contributed by atoms with Crippen LogP contribution < -0.4 is 0 Å². The van der Waals surface area contributed by atoms with Gasteiger partial charge in [0.05, 0.1) is 12.7 Å². The van der Waals surface area contributed by atoms with E-state index in [-0.39, 0.29) is 6.10 Å². The number of hydrogen-bond acceptors (Lipinski definition) is 3. The zero-order chi connectivity index (χ0) is 10.7. The van der Waals surface area contributed by atoms with Crippen LogP contribution >= 0.6 is 0 Å². The molecule has 2 heterocycles. The van der Waals surface area contributed by atoms with Gasteiger partial charge in [0.1, 0.15) is 0 Å². The normalized spacial score (nSPS) is 37.5. The Morgan fingerprint density at radius 3 is 2.73 bits per heavy atom. The summed E-state index contributed by atoms with van der Waals surface area (Å²) in [5.41, 5.74) is 0. The van der Waals surface area contributed by atoms with Gasteiger partial charge in [0.15, 0.2) is 6.10 Å². The molecule has 86 valence electrons. The highest BCUT2D eigenvalue weighted by Crippen LogP contribution is 2.29. The summed E-state index contributed by atoms with van der Waals surface area (Å²) in [6, 6.07) is 0. The van der Waals surface area contributed by atoms with Crippen LogP contribution in [0.25, 0.3) is 0 Å². The number of hydrogen-bond donors (Lipinski definition) is 1. The summed E-state index contributed by atoms with van der Waals surface area (Å²) in [6.07, 6.45) is 4.28. The minimum atomic E-state index is -0.823. The molecule has 15 heavy (non-hydrogen) atoms. The molecule has 0 amide bonds. The fourth-order valence-electron chi connectivity index (χ4n) is 2.44. The molecule has 0 saturated carbocycles. The molecule has 4 nitrogen and oxygen atoms in total. The van der Waals surface area contributed by atoms with E-state index in [0.29, 0.717) is 12.3 Å². The molecular formula is C11H18O4. The summed E-state index contributed by atoms with van der Waals surface area (Å²) in [5, 5.41) is 8.90. The van der Waals surface area contributed by atoms with Gasteiger partial charge in [-0.15, -0.1) is 0 Å². The van der Waals surface area contributed by atoms with Crippen LogP contribution in [0.3, 0.4) is 0 Å². The molecule has 4 heteroatoms. The van der Waals surface area contributed by atoms with E-state index in [9.17, 15) is 4.79 Å². The summed E-state index contributed by atoms with van der Waals surface area (Å²) in [4.78, 5) is 10.8. The molecule has 2 saturated heterocycles. The third-order valence-electron chi connectivity index (χ3n) is 3.29. The number of carboxylic acid groups (broad SMARTS) is 1. The molecule has 3 atom stereocenters. The van der Waals surface area contributed by atoms with E-state index in [1.807, 2.05) is 0 Å². The van der Waals surface area contributed by atoms with Gasteiger partial charge < -0.3 is 14.6 Å². The molecule has 0 aliphatic carbocycles. The number of rotatable bonds is 2. The Morgan fingerprint density at radius 2 is 2.07 bits per heavy atom. The molecule has 0 aromatic rings. The number of aliphatic carboxylic acids is 1. The second-order valence-electron chi connectivity index (χ2n) is 4.41. The van der Waals surface area contributed by atoms with Gasteiger partial charge in [-0.25, -0.2) is 4.79 Å². The first-order valence-corrected chi connectivity index (χ1v) is 5.73. The Balaban J connectivity index is 1.88. The van der Waals surface area contributed by atoms with Crippen molar-refractivity contribution in [3.05, 3.63) is 0 Å². The minimum Gasteiger partial charge on any atom is -0.479 e. The van der Waals surface area contributed by atoms with E-state index < -0.39 is 12.1 Å². The molecule has 0 radical (unpaired) electrons. The predicted molar refractivity (Wildman–Crippen MR) is 53.7 cm³/mol. The number of ether oxygens (including phenoxy) is 2. The van der Waals surface area contributed by atoms with Gasteiger partial charge in [-0.05, 0) is 32.1 Å². The Morgan fingerprint density at radius 1 is 1.20 bits per heavy atom. The lowest BCUT2D eigenvalue weighted by Crippen LogP contribution is -2.40. The van der Waals surface area contributed by atoms with E-state index >= 15 is 0 Å². The van der Waals surface area contributed by atoms with Gasteiger partial charge in [-0.1, -0.05) is 0 Å². The lowest BCUT2D eigenvalue weighted by Gasteiger charge is -2.35. The van der Waals surface area contributed by atoms with Gasteiger partial charge in [0.25, 0.3) is 0 Å². The Hall–Kier alpha value is -0.610. The van der Waals surface area contributed by atoms with Crippen LogP contribution in [-0.2, 0) is 14.3 Å². The number of carbonyl (C=O) groups is 1. The summed E-state index contributed by atoms with van der Waals surface area (Å²) >= 11 is 0. The van der Waals surface area contributed by atoms with E-state index in [1.54, 1.807) is 0 Å². The van der Waals surface area contributed by atoms with Crippen LogP contribution in [0, 0.1) is 5.92 Å². The third kappa shape index (κ3) is 2.69. The van der Waals surface area contributed by atoms with Crippen LogP contribution in [-0.4, -0.2) is 36.5 Å². The molecule has 1 N–H and O–H groups in total. The zero-order valence-corrected chi connectivity index (χ0v) is 8.85. The Kier molecular flexibility index (Phi) is 3.59. The first-order chi connectivity index (χ1) is 7.27. The van der Waals surface area contributed by atoms with E-state index in [4.69, 9.17) is 14.6 Å². The molecule has 3 unspecified atom stereocenters. The quantitative estimate of drug-likeness (QED) is 0.755. The fraction of sp³-hybridized carbons (Fsp3) is 0.909. The van der Waals surface area contributed by atoms with Crippen LogP contribution in [0.1, 0.15) is 32.1 Å². The van der Waals surface area contributed by atoms with E-state index in [1.165, 1.54) is 0 Å². The zero-order valence-electron chi connectivity index (χ0n) is 8.85. The highest BCUT2D eigenvalue weighted by atomic mass is 16.5. The lowest BCUT2D eigenvalue weighted by atomic mass is 9.90. The largest absolute Gasteiger partial charge is 0.479 e. The SMILES string of the molecule is O=C(O)C1CCCC(C2CCCOC2)O1. The van der Waals surface area contributed by atoms with Crippen molar-refractivity contribution in [3.8, 4) is 0 Å². The first-order valence-electron chi connectivity index (χ1n) is 5.73. The van der Waals surface area contributed by atoms with Crippen molar-refractivity contribution in [3.63, 3.8) is 0 Å². The molecule has 0 bridgehead atoms. The summed E-state index contributed by atoms with van der Waals surface area (Å²) < 4.78 is 11.0. The third-order valence-corrected chi connectivity index (χ3v) is 3.29. The molecular weight excluding hydrogens is 196 g/mol. The molecule has 0 aromatic heterocycles. The minimum absolute atomic E-state index is 0.0974. The summed E-state index contributed by atoms with van der Waals surface area (Å²) in [5.74, 6) is -0.419. The summed E-state index contributed by atoms with van der Waals surface area (Å²) in [7, 11) is 0. The van der Waals surface area contributed by atoms with Crippen LogP contribution in [0.15, 0.2) is 0 Å². The maximum Gasteiger partial charge on any atom is 0.332 e. The lowest BCUT2D eigenvalue weighted by molar-refractivity contribution is -0.166. The molecule has 2 aliphatic heterocycles. The van der Waals surface area contributed by atoms with Crippen molar-refractivity contribution in [2.45, 2.75) is 44.3 Å². The van der Waals surface area contributed by atoms with Gasteiger partial charge in [0.2, 0.25) is 0 Å². The second kappa shape index (κ2) is 4.94. The summed E-state index contributed by atoms with van der Waals surface area (Å²) in [6.45, 7) is 1.57. The highest BCUT2D eigenvalue weighted by Gasteiger charge is 2.33. The smallest absolute Gasteiger partial charge is 0.332 e. The Bertz CT molecular complexity index is 223. The van der Waals surface area contributed by atoms with Crippen LogP contribution in [0.4, 0.5) is 0 Å². The number of carboxylic acids is 1. The topological polar surface area (TPSA) is 55.8 Å². The van der Waals surface area contributed by atoms with Crippen molar-refractivity contribution in [2.75, 3.05) is 13.2 Å². The van der Waals surface area contributed by atoms with Crippen molar-refractivity contribution in [1.29, 1.82) is 0 Å². The van der Waals surface area contributed by atoms with Gasteiger partial charge >= 0.3 is 5.97 Å². The van der Waals surface area contributed by atoms with Gasteiger partial charge in [0, 0.05) is 12.5 Å². The molecule has 0 aromatic carbocycles. The van der Waals surface area contributed by atoms with E-state index in [0.717, 1.165) is 38.9 Å². The van der Waals surface area contributed by atoms with Gasteiger partial charge in [-0.3, -0.25) is 0 Å². The van der Waals surface area contributed by atoms with Crippen LogP contribution in [0.2, 0.25) is 0 Å². The molecule has 0 spiro atoms. The van der Waals surface area contributed by atoms with Crippen molar-refractivity contribution in [1.82, 2.24) is 0 Å². The monoisotopic (exact) mass is 214 g/mol. The standard InChI is InChI=1S/C11H18O4/c12-11(13)10-5-1-4-9(15-10)8-3-2-6-14-7-8/h8-10H,1-7H2,(H,12,13). The fourth-order valence-corrected chi connectivity index (χ4v) is 2.44. The Labute approximate surface area is 89.6 Å². The average molecular weight is 214 g/mol. The van der Waals surface area contributed by atoms with Crippen LogP contribution in [0.5, 0.6) is 0 Å². The second-order valence-corrected chi connectivity index (χ2v) is 4.41. The van der Waals surface area contributed by atoms with E-state index in [2.05, 4.69) is 0 Å². The predicted octanol–water partition coefficient (Wildman–Crippen LogP) is 1.44. The van der Waals surface area contributed by atoms with Crippen molar-refractivity contribution in [2.24, 2.45) is 5.92 Å². The maximum absolute atomic E-state index is 10.8. The van der Waals surface area contributed by atoms with Crippen molar-refractivity contribution < 1.29 is 19.4 Å². The van der Waals surface area contributed by atoms with Crippen molar-refractivity contribution >= 4 is 5.97 Å². The molecule has 2 rings (SSSR count). The highest BCUT2D eigenvalue weighted by molar-refractivity contribution is 5.72. The van der Waals surface area contributed by atoms with Gasteiger partial charge in [-0.2, -0.15) is 0 Å². The molecule has 2 aliphatic rings. The molecule has 2 fully saturated rings.